The molecule has 5 nitrogen and oxygen atoms in total. The van der Waals surface area contributed by atoms with Crippen LogP contribution in [-0.2, 0) is 9.59 Å². The summed E-state index contributed by atoms with van der Waals surface area (Å²) in [7, 11) is 0. The van der Waals surface area contributed by atoms with E-state index in [1.807, 2.05) is 13.8 Å². The van der Waals surface area contributed by atoms with E-state index in [9.17, 15) is 14.7 Å². The molecule has 0 aromatic heterocycles. The van der Waals surface area contributed by atoms with E-state index in [2.05, 4.69) is 5.32 Å². The fraction of sp³-hybridized carbons (Fsp3) is 0.846. The van der Waals surface area contributed by atoms with E-state index >= 15 is 0 Å². The molecule has 0 heterocycles. The number of rotatable bonds is 7. The van der Waals surface area contributed by atoms with Crippen molar-refractivity contribution >= 4 is 11.9 Å². The number of carboxylic acids is 1. The van der Waals surface area contributed by atoms with Gasteiger partial charge in [0.15, 0.2) is 0 Å². The van der Waals surface area contributed by atoms with Gasteiger partial charge in [-0.1, -0.05) is 13.8 Å². The van der Waals surface area contributed by atoms with Crippen LogP contribution in [0.5, 0.6) is 0 Å². The first-order valence-corrected chi connectivity index (χ1v) is 6.56. The molecule has 1 rings (SSSR count). The normalized spacial score (nSPS) is 20.3. The number of carboxylic acid groups (broad SMARTS) is 1. The zero-order valence-corrected chi connectivity index (χ0v) is 11.4. The first-order valence-electron chi connectivity index (χ1n) is 6.56. The van der Waals surface area contributed by atoms with Crippen LogP contribution in [0.3, 0.4) is 0 Å². The third kappa shape index (κ3) is 3.45. The number of amides is 1. The van der Waals surface area contributed by atoms with Crippen molar-refractivity contribution in [1.29, 1.82) is 0 Å². The number of hydrogen-bond acceptors (Lipinski definition) is 3. The molecule has 0 bridgehead atoms. The van der Waals surface area contributed by atoms with Crippen LogP contribution < -0.4 is 11.1 Å². The average Bonchev–Trinajstić information content (AvgIpc) is 3.08. The summed E-state index contributed by atoms with van der Waals surface area (Å²) < 4.78 is 0. The predicted octanol–water partition coefficient (Wildman–Crippen LogP) is 0.977. The van der Waals surface area contributed by atoms with E-state index in [1.165, 1.54) is 0 Å². The van der Waals surface area contributed by atoms with E-state index < -0.39 is 11.5 Å². The highest BCUT2D eigenvalue weighted by molar-refractivity contribution is 5.88. The summed E-state index contributed by atoms with van der Waals surface area (Å²) in [6.07, 6.45) is 2.41. The molecule has 5 heteroatoms. The van der Waals surface area contributed by atoms with Gasteiger partial charge in [-0.25, -0.2) is 4.79 Å². The van der Waals surface area contributed by atoms with Gasteiger partial charge in [-0.2, -0.15) is 0 Å². The highest BCUT2D eigenvalue weighted by Gasteiger charge is 2.49. The number of hydrogen-bond donors (Lipinski definition) is 3. The van der Waals surface area contributed by atoms with Crippen LogP contribution in [0.25, 0.3) is 0 Å². The highest BCUT2D eigenvalue weighted by Crippen LogP contribution is 2.39. The van der Waals surface area contributed by atoms with Crippen LogP contribution in [0, 0.1) is 17.8 Å². The lowest BCUT2D eigenvalue weighted by Gasteiger charge is -2.28. The van der Waals surface area contributed by atoms with Crippen molar-refractivity contribution in [3.05, 3.63) is 0 Å². The summed E-state index contributed by atoms with van der Waals surface area (Å²) in [6.45, 7) is 5.89. The van der Waals surface area contributed by atoms with Crippen molar-refractivity contribution in [1.82, 2.24) is 5.32 Å². The summed E-state index contributed by atoms with van der Waals surface area (Å²) in [6, 6.07) is 0. The SMILES string of the molecule is CC(C)CC(CN)C(=O)NC(C)(C(=O)O)C1CC1. The number of nitrogens with one attached hydrogen (secondary N) is 1. The molecular weight excluding hydrogens is 232 g/mol. The smallest absolute Gasteiger partial charge is 0.329 e. The third-order valence-electron chi connectivity index (χ3n) is 3.63. The van der Waals surface area contributed by atoms with Crippen LogP contribution in [0.1, 0.15) is 40.0 Å². The first-order chi connectivity index (χ1) is 8.31. The van der Waals surface area contributed by atoms with E-state index in [0.717, 1.165) is 12.8 Å². The van der Waals surface area contributed by atoms with Crippen LogP contribution >= 0.6 is 0 Å². The molecule has 1 aliphatic carbocycles. The Morgan fingerprint density at radius 2 is 2.00 bits per heavy atom. The second-order valence-electron chi connectivity index (χ2n) is 5.83. The maximum atomic E-state index is 12.1. The molecular formula is C13H24N2O3. The molecule has 1 fully saturated rings. The summed E-state index contributed by atoms with van der Waals surface area (Å²) in [5.41, 5.74) is 4.46. The standard InChI is InChI=1S/C13H24N2O3/c1-8(2)6-9(7-14)11(16)15-13(3,12(17)18)10-4-5-10/h8-10H,4-7,14H2,1-3H3,(H,15,16)(H,17,18). The van der Waals surface area contributed by atoms with Crippen molar-refractivity contribution in [2.45, 2.75) is 45.6 Å². The summed E-state index contributed by atoms with van der Waals surface area (Å²) >= 11 is 0. The number of nitrogens with two attached hydrogens (primary N) is 1. The van der Waals surface area contributed by atoms with Crippen molar-refractivity contribution in [2.75, 3.05) is 6.54 Å². The minimum absolute atomic E-state index is 0.0522. The molecule has 18 heavy (non-hydrogen) atoms. The van der Waals surface area contributed by atoms with Gasteiger partial charge in [0.1, 0.15) is 5.54 Å². The minimum Gasteiger partial charge on any atom is -0.480 e. The summed E-state index contributed by atoms with van der Waals surface area (Å²) in [4.78, 5) is 23.4. The van der Waals surface area contributed by atoms with Crippen LogP contribution in [0.15, 0.2) is 0 Å². The molecule has 0 spiro atoms. The second-order valence-corrected chi connectivity index (χ2v) is 5.83. The molecule has 2 atom stereocenters. The summed E-state index contributed by atoms with van der Waals surface area (Å²) in [5, 5.41) is 12.0. The minimum atomic E-state index is -1.14. The largest absolute Gasteiger partial charge is 0.480 e. The lowest BCUT2D eigenvalue weighted by molar-refractivity contribution is -0.148. The third-order valence-corrected chi connectivity index (χ3v) is 3.63. The van der Waals surface area contributed by atoms with Gasteiger partial charge >= 0.3 is 5.97 Å². The van der Waals surface area contributed by atoms with Crippen molar-refractivity contribution in [3.63, 3.8) is 0 Å². The lowest BCUT2D eigenvalue weighted by Crippen LogP contribution is -2.56. The maximum Gasteiger partial charge on any atom is 0.329 e. The van der Waals surface area contributed by atoms with Gasteiger partial charge in [0, 0.05) is 6.54 Å². The fourth-order valence-corrected chi connectivity index (χ4v) is 2.23. The van der Waals surface area contributed by atoms with Crippen LogP contribution in [0.4, 0.5) is 0 Å². The molecule has 0 aromatic carbocycles. The van der Waals surface area contributed by atoms with Crippen LogP contribution in [0.2, 0.25) is 0 Å². The Morgan fingerprint density at radius 3 is 2.33 bits per heavy atom. The van der Waals surface area contributed by atoms with Gasteiger partial charge in [-0.3, -0.25) is 4.79 Å². The highest BCUT2D eigenvalue weighted by atomic mass is 16.4. The van der Waals surface area contributed by atoms with Crippen LogP contribution in [-0.4, -0.2) is 29.1 Å². The van der Waals surface area contributed by atoms with Crippen molar-refractivity contribution < 1.29 is 14.7 Å². The van der Waals surface area contributed by atoms with Gasteiger partial charge in [-0.05, 0) is 38.0 Å². The zero-order chi connectivity index (χ0) is 13.9. The topological polar surface area (TPSA) is 92.4 Å². The lowest BCUT2D eigenvalue weighted by atomic mass is 9.92. The van der Waals surface area contributed by atoms with Gasteiger partial charge in [0.05, 0.1) is 5.92 Å². The van der Waals surface area contributed by atoms with Gasteiger partial charge in [0.25, 0.3) is 0 Å². The Morgan fingerprint density at radius 1 is 1.44 bits per heavy atom. The quantitative estimate of drug-likeness (QED) is 0.633. The molecule has 1 aliphatic rings. The molecule has 0 aromatic rings. The van der Waals surface area contributed by atoms with E-state index in [-0.39, 0.29) is 24.3 Å². The number of aliphatic carboxylic acids is 1. The molecule has 4 N–H and O–H groups in total. The number of carbonyl (C=O) groups is 2. The van der Waals surface area contributed by atoms with Gasteiger partial charge in [0.2, 0.25) is 5.91 Å². The van der Waals surface area contributed by atoms with E-state index in [1.54, 1.807) is 6.92 Å². The molecule has 0 radical (unpaired) electrons. The fourth-order valence-electron chi connectivity index (χ4n) is 2.23. The van der Waals surface area contributed by atoms with Crippen molar-refractivity contribution in [3.8, 4) is 0 Å². The Labute approximate surface area is 108 Å². The Hall–Kier alpha value is -1.10. The molecule has 104 valence electrons. The number of carbonyl (C=O) groups excluding carboxylic acids is 1. The predicted molar refractivity (Wildman–Crippen MR) is 68.9 cm³/mol. The first kappa shape index (κ1) is 15.0. The molecule has 1 amide bonds. The molecule has 1 saturated carbocycles. The molecule has 0 saturated heterocycles. The zero-order valence-electron chi connectivity index (χ0n) is 11.4. The van der Waals surface area contributed by atoms with E-state index in [0.29, 0.717) is 12.3 Å². The Kier molecular flexibility index (Phi) is 4.73. The maximum absolute atomic E-state index is 12.1. The Balaban J connectivity index is 2.68. The summed E-state index contributed by atoms with van der Waals surface area (Å²) in [5.74, 6) is -1.08. The monoisotopic (exact) mass is 256 g/mol. The molecule has 2 unspecified atom stereocenters. The average molecular weight is 256 g/mol. The van der Waals surface area contributed by atoms with Gasteiger partial charge < -0.3 is 16.2 Å². The van der Waals surface area contributed by atoms with E-state index in [4.69, 9.17) is 5.73 Å². The second kappa shape index (κ2) is 5.69. The Bertz CT molecular complexity index is 326. The van der Waals surface area contributed by atoms with Gasteiger partial charge in [-0.15, -0.1) is 0 Å². The van der Waals surface area contributed by atoms with Crippen molar-refractivity contribution in [2.24, 2.45) is 23.5 Å². The molecule has 0 aliphatic heterocycles.